The van der Waals surface area contributed by atoms with Crippen LogP contribution in [0.1, 0.15) is 5.69 Å². The van der Waals surface area contributed by atoms with Crippen LogP contribution in [-0.2, 0) is 12.4 Å². The lowest BCUT2D eigenvalue weighted by molar-refractivity contribution is 0.0893. The first-order chi connectivity index (χ1) is 4.91. The monoisotopic (exact) mass is 182 g/mol. The SMILES string of the molecule is Cn1[nH]c(C(F)(F)Cl)cc1=O. The maximum Gasteiger partial charge on any atom is 0.364 e. The smallest absolute Gasteiger partial charge is 0.293 e. The van der Waals surface area contributed by atoms with Crippen LogP contribution in [0.3, 0.4) is 0 Å². The van der Waals surface area contributed by atoms with Gasteiger partial charge in [-0.1, -0.05) is 0 Å². The van der Waals surface area contributed by atoms with E-state index in [1.165, 1.54) is 7.05 Å². The summed E-state index contributed by atoms with van der Waals surface area (Å²) in [6.45, 7) is 0. The first kappa shape index (κ1) is 8.26. The van der Waals surface area contributed by atoms with E-state index in [9.17, 15) is 13.6 Å². The molecule has 0 aliphatic carbocycles. The summed E-state index contributed by atoms with van der Waals surface area (Å²) in [5, 5.41) is -1.39. The quantitative estimate of drug-likeness (QED) is 0.647. The molecule has 1 aromatic rings. The van der Waals surface area contributed by atoms with Crippen LogP contribution in [0.25, 0.3) is 0 Å². The van der Waals surface area contributed by atoms with Gasteiger partial charge in [0.05, 0.1) is 0 Å². The van der Waals surface area contributed by atoms with E-state index in [4.69, 9.17) is 0 Å². The largest absolute Gasteiger partial charge is 0.364 e. The molecule has 0 saturated carbocycles. The normalized spacial score (nSPS) is 12.0. The van der Waals surface area contributed by atoms with E-state index in [1.807, 2.05) is 0 Å². The van der Waals surface area contributed by atoms with Crippen molar-refractivity contribution in [3.63, 3.8) is 0 Å². The van der Waals surface area contributed by atoms with Crippen molar-refractivity contribution in [3.8, 4) is 0 Å². The third-order valence-electron chi connectivity index (χ3n) is 1.19. The first-order valence-electron chi connectivity index (χ1n) is 2.74. The topological polar surface area (TPSA) is 37.8 Å². The van der Waals surface area contributed by atoms with Crippen molar-refractivity contribution in [1.29, 1.82) is 0 Å². The van der Waals surface area contributed by atoms with Crippen LogP contribution < -0.4 is 5.56 Å². The summed E-state index contributed by atoms with van der Waals surface area (Å²) in [6, 6.07) is 0.757. The Labute approximate surface area is 65.6 Å². The summed E-state index contributed by atoms with van der Waals surface area (Å²) in [6.07, 6.45) is 0. The van der Waals surface area contributed by atoms with Crippen molar-refractivity contribution in [3.05, 3.63) is 22.1 Å². The Balaban J connectivity index is 3.18. The van der Waals surface area contributed by atoms with Crippen molar-refractivity contribution in [2.45, 2.75) is 5.38 Å². The van der Waals surface area contributed by atoms with Gasteiger partial charge in [-0.15, -0.1) is 0 Å². The molecule has 0 saturated heterocycles. The van der Waals surface area contributed by atoms with Crippen LogP contribution in [-0.4, -0.2) is 9.78 Å². The highest BCUT2D eigenvalue weighted by molar-refractivity contribution is 6.21. The second-order valence-electron chi connectivity index (χ2n) is 2.06. The maximum atomic E-state index is 12.2. The summed E-state index contributed by atoms with van der Waals surface area (Å²) in [5.74, 6) is 0. The minimum Gasteiger partial charge on any atom is -0.293 e. The molecule has 0 unspecified atom stereocenters. The molecule has 1 aromatic heterocycles. The van der Waals surface area contributed by atoms with Gasteiger partial charge in [0.1, 0.15) is 5.69 Å². The van der Waals surface area contributed by atoms with Crippen LogP contribution in [0.2, 0.25) is 0 Å². The minimum absolute atomic E-state index is 0.541. The summed E-state index contributed by atoms with van der Waals surface area (Å²) in [4.78, 5) is 10.6. The first-order valence-corrected chi connectivity index (χ1v) is 3.12. The van der Waals surface area contributed by atoms with E-state index in [0.29, 0.717) is 0 Å². The van der Waals surface area contributed by atoms with E-state index in [1.54, 1.807) is 0 Å². The van der Waals surface area contributed by atoms with Gasteiger partial charge >= 0.3 is 5.38 Å². The Hall–Kier alpha value is -0.840. The molecule has 0 fully saturated rings. The van der Waals surface area contributed by atoms with Crippen molar-refractivity contribution in [2.24, 2.45) is 7.05 Å². The molecular formula is C5H5ClF2N2O. The maximum absolute atomic E-state index is 12.2. The Morgan fingerprint density at radius 1 is 1.73 bits per heavy atom. The van der Waals surface area contributed by atoms with Crippen LogP contribution in [0, 0.1) is 0 Å². The van der Waals surface area contributed by atoms with Crippen molar-refractivity contribution >= 4 is 11.6 Å². The molecule has 0 aromatic carbocycles. The zero-order valence-electron chi connectivity index (χ0n) is 5.57. The van der Waals surface area contributed by atoms with Crippen LogP contribution in [0.15, 0.2) is 10.9 Å². The fraction of sp³-hybridized carbons (Fsp3) is 0.400. The predicted octanol–water partition coefficient (Wildman–Crippen LogP) is 1.00. The van der Waals surface area contributed by atoms with E-state index in [2.05, 4.69) is 16.7 Å². The second-order valence-corrected chi connectivity index (χ2v) is 2.54. The summed E-state index contributed by atoms with van der Waals surface area (Å²) in [5.41, 5.74) is -1.13. The molecule has 1 N–H and O–H groups in total. The van der Waals surface area contributed by atoms with Gasteiger partial charge in [0.2, 0.25) is 0 Å². The number of hydrogen-bond donors (Lipinski definition) is 1. The summed E-state index contributed by atoms with van der Waals surface area (Å²) in [7, 11) is 1.33. The lowest BCUT2D eigenvalue weighted by Crippen LogP contribution is -2.10. The van der Waals surface area contributed by atoms with Crippen molar-refractivity contribution < 1.29 is 8.78 Å². The molecule has 11 heavy (non-hydrogen) atoms. The number of H-pyrrole nitrogens is 1. The lowest BCUT2D eigenvalue weighted by atomic mass is 10.4. The average Bonchev–Trinajstić information content (AvgIpc) is 2.11. The molecule has 1 rings (SSSR count). The molecule has 3 nitrogen and oxygen atoms in total. The fourth-order valence-electron chi connectivity index (χ4n) is 0.634. The number of rotatable bonds is 1. The average molecular weight is 183 g/mol. The summed E-state index contributed by atoms with van der Waals surface area (Å²) >= 11 is 4.63. The van der Waals surface area contributed by atoms with Gasteiger partial charge in [0.25, 0.3) is 5.56 Å². The number of aromatic amines is 1. The van der Waals surface area contributed by atoms with Gasteiger partial charge in [-0.25, -0.2) is 0 Å². The third kappa shape index (κ3) is 1.59. The molecule has 0 atom stereocenters. The van der Waals surface area contributed by atoms with E-state index < -0.39 is 16.6 Å². The van der Waals surface area contributed by atoms with Gasteiger partial charge in [-0.3, -0.25) is 14.6 Å². The Morgan fingerprint density at radius 2 is 2.27 bits per heavy atom. The Morgan fingerprint density at radius 3 is 2.45 bits per heavy atom. The molecule has 0 radical (unpaired) electrons. The number of nitrogens with zero attached hydrogens (tertiary/aromatic N) is 1. The highest BCUT2D eigenvalue weighted by Crippen LogP contribution is 2.29. The lowest BCUT2D eigenvalue weighted by Gasteiger charge is -2.02. The summed E-state index contributed by atoms with van der Waals surface area (Å²) < 4.78 is 25.4. The van der Waals surface area contributed by atoms with E-state index in [0.717, 1.165) is 10.7 Å². The van der Waals surface area contributed by atoms with Gasteiger partial charge < -0.3 is 0 Å². The van der Waals surface area contributed by atoms with Gasteiger partial charge in [-0.2, -0.15) is 8.78 Å². The number of halogens is 3. The zero-order valence-corrected chi connectivity index (χ0v) is 6.32. The zero-order chi connectivity index (χ0) is 8.65. The van der Waals surface area contributed by atoms with E-state index in [-0.39, 0.29) is 0 Å². The highest BCUT2D eigenvalue weighted by Gasteiger charge is 2.30. The van der Waals surface area contributed by atoms with Crippen LogP contribution in [0.4, 0.5) is 8.78 Å². The predicted molar refractivity (Wildman–Crippen MR) is 35.8 cm³/mol. The third-order valence-corrected chi connectivity index (χ3v) is 1.40. The van der Waals surface area contributed by atoms with Crippen LogP contribution >= 0.6 is 11.6 Å². The molecule has 1 heterocycles. The molecule has 0 aliphatic heterocycles. The number of aryl methyl sites for hydroxylation is 1. The standard InChI is InChI=1S/C5H5ClF2N2O/c1-10-4(11)2-3(9-10)5(6,7)8/h2,9H,1H3. The number of aromatic nitrogens is 2. The van der Waals surface area contributed by atoms with Gasteiger partial charge in [0, 0.05) is 13.1 Å². The number of alkyl halides is 3. The molecule has 0 amide bonds. The van der Waals surface area contributed by atoms with Crippen molar-refractivity contribution in [1.82, 2.24) is 9.78 Å². The number of nitrogens with one attached hydrogen (secondary N) is 1. The van der Waals surface area contributed by atoms with Gasteiger partial charge in [-0.05, 0) is 11.6 Å². The fourth-order valence-corrected chi connectivity index (χ4v) is 0.730. The molecule has 0 aliphatic rings. The molecule has 6 heteroatoms. The molecular weight excluding hydrogens is 178 g/mol. The number of hydrogen-bond acceptors (Lipinski definition) is 1. The Bertz CT molecular complexity index is 311. The van der Waals surface area contributed by atoms with E-state index >= 15 is 0 Å². The van der Waals surface area contributed by atoms with Crippen molar-refractivity contribution in [2.75, 3.05) is 0 Å². The Kier molecular flexibility index (Phi) is 1.75. The molecule has 62 valence electrons. The molecule has 0 spiro atoms. The highest BCUT2D eigenvalue weighted by atomic mass is 35.5. The van der Waals surface area contributed by atoms with Gasteiger partial charge in [0.15, 0.2) is 0 Å². The minimum atomic E-state index is -3.50. The molecule has 0 bridgehead atoms. The second kappa shape index (κ2) is 2.34. The van der Waals surface area contributed by atoms with Crippen LogP contribution in [0.5, 0.6) is 0 Å².